The summed E-state index contributed by atoms with van der Waals surface area (Å²) in [4.78, 5) is 30.4. The summed E-state index contributed by atoms with van der Waals surface area (Å²) in [5.41, 5.74) is 8.23. The van der Waals surface area contributed by atoms with E-state index in [0.29, 0.717) is 24.7 Å². The third kappa shape index (κ3) is 12.2. The van der Waals surface area contributed by atoms with Gasteiger partial charge in [0.15, 0.2) is 0 Å². The van der Waals surface area contributed by atoms with Crippen LogP contribution in [0.2, 0.25) is 0 Å². The smallest absolute Gasteiger partial charge is 0.326 e. The predicted molar refractivity (Wildman–Crippen MR) is 164 cm³/mol. The van der Waals surface area contributed by atoms with Crippen molar-refractivity contribution in [3.8, 4) is 5.75 Å². The van der Waals surface area contributed by atoms with Crippen LogP contribution in [0, 0.1) is 12.3 Å². The van der Waals surface area contributed by atoms with Crippen molar-refractivity contribution in [1.29, 1.82) is 0 Å². The summed E-state index contributed by atoms with van der Waals surface area (Å²) in [6.07, 6.45) is 12.3. The standard InChI is InChI=1S/C29H36N2O5.C4H11N/c1-6-7-8-11-27(32)31-19-22-17-23(13-12-21(22)18-25(31)28(33)34)35-16-14-24-20(2)36-26(30-24)10-9-15-29(3,4)5;1-4(2,3)5/h6-13,17,25H,14-16,18-19H2,1-5H3,(H,33,34);5H2,1-3H3/b7-6+,10-9+,11-8+;/t25-;/m0./s1. The van der Waals surface area contributed by atoms with Crippen molar-refractivity contribution in [3.63, 3.8) is 0 Å². The number of aromatic nitrogens is 1. The molecule has 1 amide bonds. The molecular formula is C33H47N3O5. The van der Waals surface area contributed by atoms with Crippen LogP contribution in [0.3, 0.4) is 0 Å². The van der Waals surface area contributed by atoms with Gasteiger partial charge in [0.1, 0.15) is 17.6 Å². The van der Waals surface area contributed by atoms with Gasteiger partial charge in [-0.05, 0) is 75.8 Å². The fraction of sp³-hybridized carbons (Fsp3) is 0.485. The number of carboxylic acid groups (broad SMARTS) is 1. The number of rotatable bonds is 9. The van der Waals surface area contributed by atoms with E-state index in [1.807, 2.05) is 58.9 Å². The van der Waals surface area contributed by atoms with Gasteiger partial charge >= 0.3 is 5.97 Å². The molecular weight excluding hydrogens is 518 g/mol. The Labute approximate surface area is 245 Å². The second-order valence-electron chi connectivity index (χ2n) is 12.5. The zero-order valence-electron chi connectivity index (χ0n) is 25.9. The maximum Gasteiger partial charge on any atom is 0.326 e. The second kappa shape index (κ2) is 14.8. The molecule has 8 heteroatoms. The van der Waals surface area contributed by atoms with E-state index in [0.717, 1.165) is 29.0 Å². The van der Waals surface area contributed by atoms with Gasteiger partial charge in [-0.3, -0.25) is 4.79 Å². The largest absolute Gasteiger partial charge is 0.493 e. The van der Waals surface area contributed by atoms with Crippen molar-refractivity contribution >= 4 is 18.0 Å². The molecule has 1 aliphatic rings. The molecule has 3 rings (SSSR count). The van der Waals surface area contributed by atoms with E-state index < -0.39 is 12.0 Å². The average Bonchev–Trinajstić information content (AvgIpc) is 3.20. The average molecular weight is 566 g/mol. The molecule has 224 valence electrons. The SMILES string of the molecule is C/C=C/C=C/C(=O)N1Cc2cc(OCCc3nc(/C=C/CC(C)(C)C)oc3C)ccc2C[C@H]1C(=O)O.CC(C)(C)N. The number of nitrogens with two attached hydrogens (primary N) is 1. The number of benzene rings is 1. The molecule has 8 nitrogen and oxygen atoms in total. The Balaban J connectivity index is 0.00000108. The lowest BCUT2D eigenvalue weighted by Gasteiger charge is -2.34. The summed E-state index contributed by atoms with van der Waals surface area (Å²) in [5, 5.41) is 9.67. The van der Waals surface area contributed by atoms with Gasteiger partial charge in [0.05, 0.1) is 12.3 Å². The lowest BCUT2D eigenvalue weighted by molar-refractivity contribution is -0.149. The summed E-state index contributed by atoms with van der Waals surface area (Å²) in [6, 6.07) is 4.73. The fourth-order valence-electron chi connectivity index (χ4n) is 3.98. The minimum absolute atomic E-state index is 0. The number of amides is 1. The molecule has 1 aromatic heterocycles. The van der Waals surface area contributed by atoms with Crippen LogP contribution >= 0.6 is 0 Å². The number of carbonyl (C=O) groups is 2. The van der Waals surface area contributed by atoms with Gasteiger partial charge < -0.3 is 24.9 Å². The summed E-state index contributed by atoms with van der Waals surface area (Å²) in [5.74, 6) is 0.711. The monoisotopic (exact) mass is 565 g/mol. The first-order valence-corrected chi connectivity index (χ1v) is 14.1. The summed E-state index contributed by atoms with van der Waals surface area (Å²) < 4.78 is 11.7. The Morgan fingerprint density at radius 3 is 2.46 bits per heavy atom. The van der Waals surface area contributed by atoms with Gasteiger partial charge in [0, 0.05) is 31.0 Å². The molecule has 0 radical (unpaired) electrons. The zero-order chi connectivity index (χ0) is 30.8. The van der Waals surface area contributed by atoms with Crippen molar-refractivity contribution in [1.82, 2.24) is 9.88 Å². The van der Waals surface area contributed by atoms with Crippen LogP contribution in [-0.4, -0.2) is 45.1 Å². The highest BCUT2D eigenvalue weighted by molar-refractivity contribution is 5.92. The first kappa shape index (κ1) is 33.6. The van der Waals surface area contributed by atoms with Crippen LogP contribution < -0.4 is 10.5 Å². The van der Waals surface area contributed by atoms with E-state index in [1.165, 1.54) is 11.0 Å². The van der Waals surface area contributed by atoms with Gasteiger partial charge in [-0.25, -0.2) is 9.78 Å². The number of carbonyl (C=O) groups excluding carboxylic acids is 1. The molecule has 0 unspecified atom stereocenters. The fourth-order valence-corrected chi connectivity index (χ4v) is 3.98. The molecule has 1 aliphatic heterocycles. The second-order valence-corrected chi connectivity index (χ2v) is 12.5. The summed E-state index contributed by atoms with van der Waals surface area (Å²) in [7, 11) is 0. The highest BCUT2D eigenvalue weighted by Crippen LogP contribution is 2.28. The topological polar surface area (TPSA) is 119 Å². The van der Waals surface area contributed by atoms with Crippen LogP contribution in [0.15, 0.2) is 53.0 Å². The van der Waals surface area contributed by atoms with Crippen molar-refractivity contribution < 1.29 is 23.8 Å². The van der Waals surface area contributed by atoms with Crippen LogP contribution in [-0.2, 0) is 29.0 Å². The maximum atomic E-state index is 12.7. The van der Waals surface area contributed by atoms with Crippen LogP contribution in [0.4, 0.5) is 0 Å². The molecule has 1 atom stereocenters. The number of nitrogens with zero attached hydrogens (tertiary/aromatic N) is 2. The van der Waals surface area contributed by atoms with E-state index in [9.17, 15) is 14.7 Å². The molecule has 0 saturated heterocycles. The van der Waals surface area contributed by atoms with E-state index in [-0.39, 0.29) is 29.8 Å². The molecule has 3 N–H and O–H groups in total. The lowest BCUT2D eigenvalue weighted by atomic mass is 9.92. The molecule has 2 aromatic rings. The Morgan fingerprint density at radius 2 is 1.85 bits per heavy atom. The Hall–Kier alpha value is -3.65. The Morgan fingerprint density at radius 1 is 1.17 bits per heavy atom. The lowest BCUT2D eigenvalue weighted by Crippen LogP contribution is -2.48. The van der Waals surface area contributed by atoms with Crippen LogP contribution in [0.25, 0.3) is 6.08 Å². The van der Waals surface area contributed by atoms with E-state index in [1.54, 1.807) is 18.2 Å². The number of oxazole rings is 1. The molecule has 0 spiro atoms. The molecule has 41 heavy (non-hydrogen) atoms. The van der Waals surface area contributed by atoms with Crippen molar-refractivity contribution in [3.05, 3.63) is 77.1 Å². The van der Waals surface area contributed by atoms with Gasteiger partial charge in [-0.1, -0.05) is 51.1 Å². The number of allylic oxidation sites excluding steroid dienone is 4. The summed E-state index contributed by atoms with van der Waals surface area (Å²) >= 11 is 0. The maximum absolute atomic E-state index is 12.7. The number of carboxylic acids is 1. The number of aryl methyl sites for hydroxylation is 1. The molecule has 2 heterocycles. The van der Waals surface area contributed by atoms with Gasteiger partial charge in [0.25, 0.3) is 0 Å². The Bertz CT molecular complexity index is 1250. The number of hydrogen-bond acceptors (Lipinski definition) is 6. The predicted octanol–water partition coefficient (Wildman–Crippen LogP) is 6.27. The van der Waals surface area contributed by atoms with E-state index in [2.05, 4.69) is 31.8 Å². The van der Waals surface area contributed by atoms with Crippen molar-refractivity contribution in [2.45, 2.75) is 92.8 Å². The normalized spacial score (nSPS) is 15.7. The minimum atomic E-state index is -1.01. The van der Waals surface area contributed by atoms with E-state index in [4.69, 9.17) is 14.9 Å². The minimum Gasteiger partial charge on any atom is -0.493 e. The third-order valence-electron chi connectivity index (χ3n) is 5.93. The molecule has 0 saturated carbocycles. The molecule has 0 bridgehead atoms. The molecule has 1 aromatic carbocycles. The highest BCUT2D eigenvalue weighted by Gasteiger charge is 2.33. The van der Waals surface area contributed by atoms with Crippen LogP contribution in [0.5, 0.6) is 5.75 Å². The van der Waals surface area contributed by atoms with Crippen LogP contribution in [0.1, 0.15) is 83.4 Å². The van der Waals surface area contributed by atoms with E-state index >= 15 is 0 Å². The number of hydrogen-bond donors (Lipinski definition) is 2. The third-order valence-corrected chi connectivity index (χ3v) is 5.93. The first-order valence-electron chi connectivity index (χ1n) is 14.1. The van der Waals surface area contributed by atoms with Gasteiger partial charge in [-0.2, -0.15) is 0 Å². The van der Waals surface area contributed by atoms with Crippen molar-refractivity contribution in [2.24, 2.45) is 11.1 Å². The number of fused-ring (bicyclic) bond motifs is 1. The highest BCUT2D eigenvalue weighted by atomic mass is 16.5. The molecule has 0 fully saturated rings. The summed E-state index contributed by atoms with van der Waals surface area (Å²) in [6.45, 7) is 16.8. The number of ether oxygens (including phenoxy) is 1. The Kier molecular flexibility index (Phi) is 12.1. The first-order chi connectivity index (χ1) is 19.1. The molecule has 0 aliphatic carbocycles. The quantitative estimate of drug-likeness (QED) is 0.272. The van der Waals surface area contributed by atoms with Gasteiger partial charge in [0.2, 0.25) is 11.8 Å². The zero-order valence-corrected chi connectivity index (χ0v) is 25.9. The van der Waals surface area contributed by atoms with Gasteiger partial charge in [-0.15, -0.1) is 0 Å². The van der Waals surface area contributed by atoms with Crippen molar-refractivity contribution in [2.75, 3.05) is 6.61 Å². The number of aliphatic carboxylic acids is 1.